The van der Waals surface area contributed by atoms with Crippen LogP contribution in [0.3, 0.4) is 0 Å². The van der Waals surface area contributed by atoms with Crippen LogP contribution < -0.4 is 5.32 Å². The maximum Gasteiger partial charge on any atom is 0.328 e. The minimum absolute atomic E-state index is 0.354. The Morgan fingerprint density at radius 2 is 1.72 bits per heavy atom. The molecule has 0 heterocycles. The maximum absolute atomic E-state index is 12.4. The van der Waals surface area contributed by atoms with Crippen LogP contribution in [-0.2, 0) is 16.0 Å². The van der Waals surface area contributed by atoms with Crippen molar-refractivity contribution in [2.24, 2.45) is 0 Å². The van der Waals surface area contributed by atoms with Gasteiger partial charge in [0.2, 0.25) is 0 Å². The predicted octanol–water partition coefficient (Wildman–Crippen LogP) is 2.69. The van der Waals surface area contributed by atoms with Crippen molar-refractivity contribution in [1.29, 1.82) is 5.26 Å². The van der Waals surface area contributed by atoms with E-state index in [1.165, 1.54) is 7.11 Å². The van der Waals surface area contributed by atoms with Crippen molar-refractivity contribution in [2.45, 2.75) is 26.3 Å². The monoisotopic (exact) mass is 336 g/mol. The number of methoxy groups -OCH3 is 1. The first-order valence-electron chi connectivity index (χ1n) is 7.90. The fraction of sp³-hybridized carbons (Fsp3) is 0.250. The lowest BCUT2D eigenvalue weighted by molar-refractivity contribution is -0.142. The predicted molar refractivity (Wildman–Crippen MR) is 94.0 cm³/mol. The fourth-order valence-corrected chi connectivity index (χ4v) is 2.65. The summed E-state index contributed by atoms with van der Waals surface area (Å²) in [4.78, 5) is 24.6. The molecule has 25 heavy (non-hydrogen) atoms. The molecule has 0 saturated heterocycles. The molecule has 2 aromatic rings. The van der Waals surface area contributed by atoms with Crippen molar-refractivity contribution in [3.05, 3.63) is 70.3 Å². The number of benzene rings is 2. The molecule has 0 aromatic heterocycles. The van der Waals surface area contributed by atoms with Crippen molar-refractivity contribution in [3.63, 3.8) is 0 Å². The molecule has 0 fully saturated rings. The number of nitrogens with zero attached hydrogens (tertiary/aromatic N) is 1. The second-order valence-electron chi connectivity index (χ2n) is 5.81. The summed E-state index contributed by atoms with van der Waals surface area (Å²) in [6.45, 7) is 3.94. The van der Waals surface area contributed by atoms with Crippen LogP contribution in [0.4, 0.5) is 0 Å². The van der Waals surface area contributed by atoms with E-state index in [1.54, 1.807) is 24.3 Å². The van der Waals surface area contributed by atoms with E-state index in [2.05, 4.69) is 5.32 Å². The zero-order chi connectivity index (χ0) is 18.4. The molecule has 128 valence electrons. The first-order chi connectivity index (χ1) is 12.0. The highest BCUT2D eigenvalue weighted by Crippen LogP contribution is 2.16. The number of carbonyl (C=O) groups is 2. The van der Waals surface area contributed by atoms with Gasteiger partial charge in [0, 0.05) is 12.0 Å². The molecular weight excluding hydrogens is 316 g/mol. The lowest BCUT2D eigenvalue weighted by Gasteiger charge is -2.19. The molecule has 2 aromatic carbocycles. The molecule has 2 rings (SSSR count). The van der Waals surface area contributed by atoms with Crippen LogP contribution in [-0.4, -0.2) is 25.0 Å². The molecule has 1 N–H and O–H groups in total. The second kappa shape index (κ2) is 8.11. The minimum atomic E-state index is -0.784. The first kappa shape index (κ1) is 18.2. The maximum atomic E-state index is 12.4. The number of carbonyl (C=O) groups excluding carboxylic acids is 2. The van der Waals surface area contributed by atoms with Crippen molar-refractivity contribution < 1.29 is 14.3 Å². The van der Waals surface area contributed by atoms with E-state index in [0.29, 0.717) is 17.5 Å². The molecule has 5 heteroatoms. The van der Waals surface area contributed by atoms with Crippen LogP contribution in [0, 0.1) is 25.2 Å². The van der Waals surface area contributed by atoms with Crippen LogP contribution in [0.1, 0.15) is 32.6 Å². The van der Waals surface area contributed by atoms with Crippen molar-refractivity contribution in [1.82, 2.24) is 5.32 Å². The number of hydrogen-bond donors (Lipinski definition) is 1. The second-order valence-corrected chi connectivity index (χ2v) is 5.81. The Balaban J connectivity index is 2.21. The summed E-state index contributed by atoms with van der Waals surface area (Å²) in [6, 6.07) is 13.4. The quantitative estimate of drug-likeness (QED) is 0.852. The molecule has 0 bridgehead atoms. The number of rotatable bonds is 5. The topological polar surface area (TPSA) is 79.2 Å². The van der Waals surface area contributed by atoms with E-state index >= 15 is 0 Å². The van der Waals surface area contributed by atoms with Gasteiger partial charge in [-0.15, -0.1) is 0 Å². The number of esters is 1. The Bertz CT molecular complexity index is 800. The molecule has 0 unspecified atom stereocenters. The zero-order valence-corrected chi connectivity index (χ0v) is 14.5. The highest BCUT2D eigenvalue weighted by molar-refractivity contribution is 5.96. The lowest BCUT2D eigenvalue weighted by atomic mass is 9.96. The van der Waals surface area contributed by atoms with Crippen LogP contribution in [0.2, 0.25) is 0 Å². The molecular formula is C20H20N2O3. The van der Waals surface area contributed by atoms with Crippen molar-refractivity contribution in [2.75, 3.05) is 7.11 Å². The van der Waals surface area contributed by atoms with Gasteiger partial charge in [0.25, 0.3) is 5.91 Å². The van der Waals surface area contributed by atoms with Gasteiger partial charge in [-0.2, -0.15) is 5.26 Å². The number of amides is 1. The van der Waals surface area contributed by atoms with Gasteiger partial charge in [0.1, 0.15) is 6.04 Å². The zero-order valence-electron chi connectivity index (χ0n) is 14.5. The van der Waals surface area contributed by atoms with Crippen molar-refractivity contribution in [3.8, 4) is 6.07 Å². The van der Waals surface area contributed by atoms with Crippen LogP contribution in [0.25, 0.3) is 0 Å². The molecule has 0 radical (unpaired) electrons. The summed E-state index contributed by atoms with van der Waals surface area (Å²) in [5.74, 6) is -0.879. The Hall–Kier alpha value is -3.13. The van der Waals surface area contributed by atoms with Crippen LogP contribution in [0.5, 0.6) is 0 Å². The van der Waals surface area contributed by atoms with E-state index in [1.807, 2.05) is 38.1 Å². The molecule has 0 aliphatic heterocycles. The Kier molecular flexibility index (Phi) is 5.91. The van der Waals surface area contributed by atoms with Gasteiger partial charge in [-0.25, -0.2) is 4.79 Å². The number of ether oxygens (including phenoxy) is 1. The van der Waals surface area contributed by atoms with E-state index < -0.39 is 12.0 Å². The van der Waals surface area contributed by atoms with Gasteiger partial charge in [-0.05, 0) is 54.8 Å². The standard InChI is InChI=1S/C20H20N2O3/c1-13-5-4-6-14(2)17(13)11-18(20(24)25-3)22-19(23)16-9-7-15(12-21)8-10-16/h4-10,18H,11H2,1-3H3,(H,22,23)/t18-/m0/s1. The van der Waals surface area contributed by atoms with E-state index in [4.69, 9.17) is 10.00 Å². The number of hydrogen-bond acceptors (Lipinski definition) is 4. The summed E-state index contributed by atoms with van der Waals surface area (Å²) < 4.78 is 4.84. The molecule has 0 aliphatic carbocycles. The molecule has 0 spiro atoms. The average molecular weight is 336 g/mol. The fourth-order valence-electron chi connectivity index (χ4n) is 2.65. The van der Waals surface area contributed by atoms with Crippen molar-refractivity contribution >= 4 is 11.9 Å². The van der Waals surface area contributed by atoms with Gasteiger partial charge in [0.15, 0.2) is 0 Å². The third-order valence-corrected chi connectivity index (χ3v) is 4.12. The largest absolute Gasteiger partial charge is 0.467 e. The smallest absolute Gasteiger partial charge is 0.328 e. The molecule has 1 amide bonds. The summed E-state index contributed by atoms with van der Waals surface area (Å²) in [6.07, 6.45) is 0.354. The summed E-state index contributed by atoms with van der Waals surface area (Å²) in [5, 5.41) is 11.5. The summed E-state index contributed by atoms with van der Waals surface area (Å²) in [7, 11) is 1.30. The highest BCUT2D eigenvalue weighted by atomic mass is 16.5. The Labute approximate surface area is 147 Å². The van der Waals surface area contributed by atoms with Gasteiger partial charge in [-0.3, -0.25) is 4.79 Å². The highest BCUT2D eigenvalue weighted by Gasteiger charge is 2.24. The lowest BCUT2D eigenvalue weighted by Crippen LogP contribution is -2.43. The molecule has 0 saturated carbocycles. The van der Waals surface area contributed by atoms with Gasteiger partial charge < -0.3 is 10.1 Å². The van der Waals surface area contributed by atoms with Gasteiger partial charge >= 0.3 is 5.97 Å². The normalized spacial score (nSPS) is 11.3. The summed E-state index contributed by atoms with van der Waals surface area (Å²) >= 11 is 0. The number of aryl methyl sites for hydroxylation is 2. The third kappa shape index (κ3) is 4.45. The van der Waals surface area contributed by atoms with Crippen LogP contribution in [0.15, 0.2) is 42.5 Å². The average Bonchev–Trinajstić information content (AvgIpc) is 2.63. The van der Waals surface area contributed by atoms with E-state index in [-0.39, 0.29) is 5.91 Å². The first-order valence-corrected chi connectivity index (χ1v) is 7.90. The number of nitrogens with one attached hydrogen (secondary N) is 1. The number of nitriles is 1. The minimum Gasteiger partial charge on any atom is -0.467 e. The van der Waals surface area contributed by atoms with Gasteiger partial charge in [-0.1, -0.05) is 18.2 Å². The SMILES string of the molecule is COC(=O)[C@H](Cc1c(C)cccc1C)NC(=O)c1ccc(C#N)cc1. The Morgan fingerprint density at radius 3 is 2.24 bits per heavy atom. The summed E-state index contributed by atoms with van der Waals surface area (Å²) in [5.41, 5.74) is 3.98. The third-order valence-electron chi connectivity index (χ3n) is 4.12. The van der Waals surface area contributed by atoms with Crippen LogP contribution >= 0.6 is 0 Å². The molecule has 0 aliphatic rings. The molecule has 1 atom stereocenters. The molecule has 5 nitrogen and oxygen atoms in total. The Morgan fingerprint density at radius 1 is 1.12 bits per heavy atom. The van der Waals surface area contributed by atoms with E-state index in [9.17, 15) is 9.59 Å². The van der Waals surface area contributed by atoms with E-state index in [0.717, 1.165) is 16.7 Å². The van der Waals surface area contributed by atoms with Gasteiger partial charge in [0.05, 0.1) is 18.7 Å².